The molecule has 0 bridgehead atoms. The van der Waals surface area contributed by atoms with Crippen LogP contribution in [0.2, 0.25) is 5.02 Å². The summed E-state index contributed by atoms with van der Waals surface area (Å²) in [5.41, 5.74) is 4.95. The van der Waals surface area contributed by atoms with Crippen molar-refractivity contribution >= 4 is 11.6 Å². The quantitative estimate of drug-likeness (QED) is 0.717. The van der Waals surface area contributed by atoms with Crippen molar-refractivity contribution in [3.63, 3.8) is 0 Å². The van der Waals surface area contributed by atoms with Gasteiger partial charge in [0.1, 0.15) is 5.02 Å². The van der Waals surface area contributed by atoms with Gasteiger partial charge in [0, 0.05) is 6.04 Å². The first-order chi connectivity index (χ1) is 6.91. The number of hydrogen-bond acceptors (Lipinski definition) is 3. The maximum absolute atomic E-state index is 11.2. The van der Waals surface area contributed by atoms with Gasteiger partial charge in [-0.3, -0.25) is 9.78 Å². The molecule has 5 nitrogen and oxygen atoms in total. The molecule has 1 rings (SSSR count). The predicted molar refractivity (Wildman–Crippen MR) is 59.1 cm³/mol. The molecule has 1 atom stereocenters. The van der Waals surface area contributed by atoms with Crippen LogP contribution in [0.4, 0.5) is 0 Å². The van der Waals surface area contributed by atoms with Crippen molar-refractivity contribution in [2.24, 2.45) is 11.7 Å². The molecule has 6 heteroatoms. The number of hydrogen-bond donors (Lipinski definition) is 3. The molecule has 0 spiro atoms. The number of aromatic amines is 2. The lowest BCUT2D eigenvalue weighted by Crippen LogP contribution is -2.28. The van der Waals surface area contributed by atoms with E-state index < -0.39 is 17.3 Å². The fraction of sp³-hybridized carbons (Fsp3) is 0.556. The van der Waals surface area contributed by atoms with Gasteiger partial charge in [0.05, 0.1) is 5.69 Å². The van der Waals surface area contributed by atoms with Gasteiger partial charge in [-0.05, 0) is 12.3 Å². The number of rotatable bonds is 3. The molecule has 1 aromatic rings. The van der Waals surface area contributed by atoms with Crippen LogP contribution in [0.5, 0.6) is 0 Å². The first-order valence-electron chi connectivity index (χ1n) is 4.69. The van der Waals surface area contributed by atoms with Gasteiger partial charge >= 0.3 is 5.69 Å². The largest absolute Gasteiger partial charge is 0.326 e. The SMILES string of the molecule is CC(C)C[C@@H](N)c1[nH]c(=O)[nH]c(=O)c1Cl. The van der Waals surface area contributed by atoms with Crippen LogP contribution in [-0.4, -0.2) is 9.97 Å². The zero-order valence-electron chi connectivity index (χ0n) is 8.63. The lowest BCUT2D eigenvalue weighted by atomic mass is 10.0. The second-order valence-electron chi connectivity index (χ2n) is 3.87. The Bertz CT molecular complexity index is 449. The average molecular weight is 232 g/mol. The van der Waals surface area contributed by atoms with Crippen molar-refractivity contribution in [3.8, 4) is 0 Å². The molecule has 0 radical (unpaired) electrons. The molecule has 0 saturated heterocycles. The lowest BCUT2D eigenvalue weighted by molar-refractivity contribution is 0.500. The zero-order valence-corrected chi connectivity index (χ0v) is 9.39. The van der Waals surface area contributed by atoms with E-state index in [9.17, 15) is 9.59 Å². The molecule has 1 aromatic heterocycles. The van der Waals surface area contributed by atoms with E-state index in [1.807, 2.05) is 18.8 Å². The minimum absolute atomic E-state index is 0.0391. The lowest BCUT2D eigenvalue weighted by Gasteiger charge is -2.14. The summed E-state index contributed by atoms with van der Waals surface area (Å²) >= 11 is 5.75. The number of halogens is 1. The molecule has 1 heterocycles. The summed E-state index contributed by atoms with van der Waals surface area (Å²) in [4.78, 5) is 26.7. The fourth-order valence-corrected chi connectivity index (χ4v) is 1.60. The van der Waals surface area contributed by atoms with Gasteiger partial charge < -0.3 is 10.7 Å². The van der Waals surface area contributed by atoms with E-state index in [2.05, 4.69) is 4.98 Å². The molecular weight excluding hydrogens is 218 g/mol. The van der Waals surface area contributed by atoms with Gasteiger partial charge in [0.25, 0.3) is 5.56 Å². The fourth-order valence-electron chi connectivity index (χ4n) is 1.37. The standard InChI is InChI=1S/C9H14ClN3O2/c1-4(2)3-5(11)7-6(10)8(14)13-9(15)12-7/h4-5H,3,11H2,1-2H3,(H2,12,13,14,15)/t5-/m1/s1. The van der Waals surface area contributed by atoms with Crippen LogP contribution >= 0.6 is 11.6 Å². The van der Waals surface area contributed by atoms with Crippen LogP contribution in [0.1, 0.15) is 32.0 Å². The Morgan fingerprint density at radius 3 is 2.47 bits per heavy atom. The van der Waals surface area contributed by atoms with E-state index >= 15 is 0 Å². The Kier molecular flexibility index (Phi) is 3.71. The van der Waals surface area contributed by atoms with E-state index in [4.69, 9.17) is 17.3 Å². The van der Waals surface area contributed by atoms with Crippen LogP contribution in [0.25, 0.3) is 0 Å². The normalized spacial score (nSPS) is 13.1. The van der Waals surface area contributed by atoms with Gasteiger partial charge in [-0.25, -0.2) is 4.79 Å². The molecule has 0 aromatic carbocycles. The maximum atomic E-state index is 11.2. The minimum atomic E-state index is -0.602. The molecule has 0 aliphatic heterocycles. The van der Waals surface area contributed by atoms with Gasteiger partial charge in [0.2, 0.25) is 0 Å². The monoisotopic (exact) mass is 231 g/mol. The van der Waals surface area contributed by atoms with Crippen LogP contribution in [0.15, 0.2) is 9.59 Å². The molecule has 0 aliphatic rings. The average Bonchev–Trinajstić information content (AvgIpc) is 2.09. The van der Waals surface area contributed by atoms with E-state index in [0.717, 1.165) is 0 Å². The van der Waals surface area contributed by atoms with Gasteiger partial charge in [0.15, 0.2) is 0 Å². The molecule has 15 heavy (non-hydrogen) atoms. The van der Waals surface area contributed by atoms with Crippen LogP contribution in [0, 0.1) is 5.92 Å². The van der Waals surface area contributed by atoms with Crippen molar-refractivity contribution in [2.45, 2.75) is 26.3 Å². The summed E-state index contributed by atoms with van der Waals surface area (Å²) < 4.78 is 0. The number of nitrogens with one attached hydrogen (secondary N) is 2. The summed E-state index contributed by atoms with van der Waals surface area (Å²) in [6.07, 6.45) is 0.652. The second kappa shape index (κ2) is 4.63. The Hall–Kier alpha value is -1.07. The summed E-state index contributed by atoms with van der Waals surface area (Å²) in [7, 11) is 0. The Balaban J connectivity index is 3.14. The predicted octanol–water partition coefficient (Wildman–Crippen LogP) is 0.763. The number of H-pyrrole nitrogens is 2. The highest BCUT2D eigenvalue weighted by Crippen LogP contribution is 2.19. The van der Waals surface area contributed by atoms with Crippen molar-refractivity contribution in [3.05, 3.63) is 31.6 Å². The van der Waals surface area contributed by atoms with Gasteiger partial charge in [-0.1, -0.05) is 25.4 Å². The number of nitrogens with two attached hydrogens (primary N) is 1. The smallest absolute Gasteiger partial charge is 0.323 e. The van der Waals surface area contributed by atoms with Gasteiger partial charge in [-0.2, -0.15) is 0 Å². The van der Waals surface area contributed by atoms with E-state index in [1.165, 1.54) is 0 Å². The van der Waals surface area contributed by atoms with Crippen molar-refractivity contribution in [1.29, 1.82) is 0 Å². The highest BCUT2D eigenvalue weighted by molar-refractivity contribution is 6.31. The molecule has 0 fully saturated rings. The maximum Gasteiger partial charge on any atom is 0.326 e. The topological polar surface area (TPSA) is 91.7 Å². The third kappa shape index (κ3) is 2.94. The summed E-state index contributed by atoms with van der Waals surface area (Å²) in [6, 6.07) is -0.424. The van der Waals surface area contributed by atoms with Crippen LogP contribution in [0.3, 0.4) is 0 Å². The molecule has 0 saturated carbocycles. The molecule has 0 amide bonds. The van der Waals surface area contributed by atoms with Crippen LogP contribution in [-0.2, 0) is 0 Å². The Labute approximate surface area is 91.7 Å². The molecule has 0 aliphatic carbocycles. The summed E-state index contributed by atoms with van der Waals surface area (Å²) in [5, 5.41) is -0.0391. The summed E-state index contributed by atoms with van der Waals surface area (Å²) in [5.74, 6) is 0.360. The van der Waals surface area contributed by atoms with E-state index in [1.54, 1.807) is 0 Å². The van der Waals surface area contributed by atoms with Crippen molar-refractivity contribution < 1.29 is 0 Å². The molecule has 0 unspecified atom stereocenters. The zero-order chi connectivity index (χ0) is 11.6. The highest BCUT2D eigenvalue weighted by Gasteiger charge is 2.15. The highest BCUT2D eigenvalue weighted by atomic mass is 35.5. The second-order valence-corrected chi connectivity index (χ2v) is 4.25. The molecular formula is C9H14ClN3O2. The minimum Gasteiger partial charge on any atom is -0.323 e. The van der Waals surface area contributed by atoms with Gasteiger partial charge in [-0.15, -0.1) is 0 Å². The van der Waals surface area contributed by atoms with Crippen molar-refractivity contribution in [1.82, 2.24) is 9.97 Å². The third-order valence-electron chi connectivity index (χ3n) is 2.01. The molecule has 4 N–H and O–H groups in total. The van der Waals surface area contributed by atoms with Crippen LogP contribution < -0.4 is 17.0 Å². The van der Waals surface area contributed by atoms with E-state index in [-0.39, 0.29) is 5.02 Å². The van der Waals surface area contributed by atoms with E-state index in [0.29, 0.717) is 18.0 Å². The molecule has 84 valence electrons. The third-order valence-corrected chi connectivity index (χ3v) is 2.38. The summed E-state index contributed by atoms with van der Waals surface area (Å²) in [6.45, 7) is 4.00. The Morgan fingerprint density at radius 2 is 1.93 bits per heavy atom. The first kappa shape index (κ1) is 12.0. The van der Waals surface area contributed by atoms with Crippen molar-refractivity contribution in [2.75, 3.05) is 0 Å². The number of aromatic nitrogens is 2. The Morgan fingerprint density at radius 1 is 1.33 bits per heavy atom. The first-order valence-corrected chi connectivity index (χ1v) is 5.07.